The van der Waals surface area contributed by atoms with Gasteiger partial charge in [-0.2, -0.15) is 0 Å². The lowest BCUT2D eigenvalue weighted by Gasteiger charge is -2.35. The molecule has 0 N–H and O–H groups in total. The summed E-state index contributed by atoms with van der Waals surface area (Å²) < 4.78 is 21.4. The quantitative estimate of drug-likeness (QED) is 0.0996. The molecule has 4 aromatic carbocycles. The summed E-state index contributed by atoms with van der Waals surface area (Å²) in [5.41, 5.74) is 5.38. The van der Waals surface area contributed by atoms with Crippen LogP contribution in [-0.4, -0.2) is 30.7 Å². The van der Waals surface area contributed by atoms with Crippen LogP contribution in [0.3, 0.4) is 0 Å². The number of hydrogen-bond donors (Lipinski definition) is 0. The highest BCUT2D eigenvalue weighted by molar-refractivity contribution is 7.24. The maximum absolute atomic E-state index is 13.8. The van der Waals surface area contributed by atoms with Gasteiger partial charge >= 0.3 is 5.97 Å². The van der Waals surface area contributed by atoms with Gasteiger partial charge in [-0.15, -0.1) is 11.3 Å². The van der Waals surface area contributed by atoms with E-state index in [4.69, 9.17) is 19.2 Å². The van der Waals surface area contributed by atoms with Crippen molar-refractivity contribution in [2.75, 3.05) is 6.61 Å². The third kappa shape index (κ3) is 5.03. The number of rotatable bonds is 7. The molecule has 2 heterocycles. The van der Waals surface area contributed by atoms with Crippen molar-refractivity contribution >= 4 is 43.4 Å². The van der Waals surface area contributed by atoms with Crippen molar-refractivity contribution in [3.63, 3.8) is 0 Å². The number of fused-ring (bicyclic) bond motifs is 6. The van der Waals surface area contributed by atoms with Crippen molar-refractivity contribution in [2.24, 2.45) is 10.4 Å². The fraction of sp³-hybridized carbons (Fsp3) is 0.293. The SMILES string of the molecule is CC(C)=C(O[C@@H]1Cc2ccccc2[C@@H]1C)C(C)(COC(=O)c1ccc2c(=O)c3ccccc3sc2c1)C1=N[C@H]2c3ccccc3C[C@H]2O1. The molecule has 1 aliphatic heterocycles. The standard InChI is InChI=1S/C41H37NO5S/c1-23(2)38(46-32-19-25-11-5-7-13-28(25)24(32)3)41(4,40-42-36-29-14-8-6-12-26(29)20-33(36)47-40)22-45-39(44)27-17-18-31-35(21-27)48-34-16-10-9-15-30(34)37(31)43/h5-18,21,24,32-33,36H,19-20,22H2,1-4H3/t24-,32+,33+,36-,41?/m0/s1. The molecule has 3 aliphatic rings. The molecule has 242 valence electrons. The number of aliphatic imine (C=N–C) groups is 1. The average molecular weight is 656 g/mol. The van der Waals surface area contributed by atoms with Gasteiger partial charge in [-0.1, -0.05) is 67.6 Å². The molecule has 1 unspecified atom stereocenters. The number of carbonyl (C=O) groups is 1. The fourth-order valence-electron chi connectivity index (χ4n) is 7.67. The van der Waals surface area contributed by atoms with Gasteiger partial charge in [-0.3, -0.25) is 4.79 Å². The highest BCUT2D eigenvalue weighted by Crippen LogP contribution is 2.47. The van der Waals surface area contributed by atoms with E-state index < -0.39 is 11.4 Å². The lowest BCUT2D eigenvalue weighted by Crippen LogP contribution is -2.40. The Morgan fingerprint density at radius 1 is 0.896 bits per heavy atom. The second-order valence-electron chi connectivity index (χ2n) is 13.7. The number of carbonyl (C=O) groups excluding carboxylic acids is 1. The molecule has 0 saturated heterocycles. The minimum atomic E-state index is -0.972. The van der Waals surface area contributed by atoms with Crippen LogP contribution in [0.1, 0.15) is 72.3 Å². The molecule has 6 nitrogen and oxygen atoms in total. The number of allylic oxidation sites excluding steroid dienone is 1. The van der Waals surface area contributed by atoms with Gasteiger partial charge in [0.1, 0.15) is 36.0 Å². The summed E-state index contributed by atoms with van der Waals surface area (Å²) >= 11 is 1.49. The Bertz CT molecular complexity index is 2230. The molecular weight excluding hydrogens is 619 g/mol. The number of hydrogen-bond acceptors (Lipinski definition) is 7. The first-order valence-electron chi connectivity index (χ1n) is 16.6. The van der Waals surface area contributed by atoms with Gasteiger partial charge in [0, 0.05) is 38.9 Å². The Morgan fingerprint density at radius 3 is 2.35 bits per heavy atom. The van der Waals surface area contributed by atoms with E-state index in [1.165, 1.54) is 33.6 Å². The van der Waals surface area contributed by atoms with Gasteiger partial charge in [-0.25, -0.2) is 9.79 Å². The van der Waals surface area contributed by atoms with Crippen LogP contribution in [0.5, 0.6) is 0 Å². The molecule has 1 aromatic heterocycles. The molecule has 5 aromatic rings. The van der Waals surface area contributed by atoms with Gasteiger partial charge in [0.15, 0.2) is 5.43 Å². The minimum absolute atomic E-state index is 0.0215. The lowest BCUT2D eigenvalue weighted by molar-refractivity contribution is 0.0191. The highest BCUT2D eigenvalue weighted by Gasteiger charge is 2.50. The van der Waals surface area contributed by atoms with Gasteiger partial charge in [0.25, 0.3) is 0 Å². The van der Waals surface area contributed by atoms with E-state index >= 15 is 0 Å². The summed E-state index contributed by atoms with van der Waals surface area (Å²) in [6, 6.07) is 29.5. The van der Waals surface area contributed by atoms with Crippen molar-refractivity contribution in [3.05, 3.63) is 140 Å². The first-order chi connectivity index (χ1) is 23.2. The molecule has 0 radical (unpaired) electrons. The molecule has 5 atom stereocenters. The highest BCUT2D eigenvalue weighted by atomic mass is 32.1. The summed E-state index contributed by atoms with van der Waals surface area (Å²) in [5, 5.41) is 1.27. The lowest BCUT2D eigenvalue weighted by atomic mass is 9.85. The van der Waals surface area contributed by atoms with Crippen molar-refractivity contribution in [3.8, 4) is 0 Å². The average Bonchev–Trinajstić information content (AvgIpc) is 3.77. The zero-order valence-corrected chi connectivity index (χ0v) is 28.3. The molecule has 7 heteroatoms. The zero-order valence-electron chi connectivity index (χ0n) is 27.5. The van der Waals surface area contributed by atoms with Crippen LogP contribution in [-0.2, 0) is 27.1 Å². The molecule has 0 bridgehead atoms. The number of benzene rings is 4. The van der Waals surface area contributed by atoms with Crippen LogP contribution in [0.4, 0.5) is 0 Å². The summed E-state index contributed by atoms with van der Waals surface area (Å²) in [5.74, 6) is 0.966. The van der Waals surface area contributed by atoms with E-state index in [9.17, 15) is 9.59 Å². The van der Waals surface area contributed by atoms with Crippen molar-refractivity contribution < 1.29 is 19.0 Å². The van der Waals surface area contributed by atoms with Crippen LogP contribution in [0.25, 0.3) is 20.2 Å². The molecular formula is C41H37NO5S. The van der Waals surface area contributed by atoms with E-state index in [0.717, 1.165) is 33.6 Å². The maximum atomic E-state index is 13.8. The summed E-state index contributed by atoms with van der Waals surface area (Å²) in [4.78, 5) is 32.1. The van der Waals surface area contributed by atoms with Crippen LogP contribution < -0.4 is 5.43 Å². The molecule has 8 rings (SSSR count). The topological polar surface area (TPSA) is 74.2 Å². The predicted octanol–water partition coefficient (Wildman–Crippen LogP) is 8.71. The van der Waals surface area contributed by atoms with Crippen molar-refractivity contribution in [1.82, 2.24) is 0 Å². The maximum Gasteiger partial charge on any atom is 0.338 e. The largest absolute Gasteiger partial charge is 0.493 e. The van der Waals surface area contributed by atoms with Gasteiger partial charge in [0.05, 0.1) is 5.56 Å². The molecule has 0 amide bonds. The molecule has 0 fully saturated rings. The monoisotopic (exact) mass is 655 g/mol. The molecule has 2 aliphatic carbocycles. The second-order valence-corrected chi connectivity index (χ2v) is 14.7. The Morgan fingerprint density at radius 2 is 1.58 bits per heavy atom. The third-order valence-electron chi connectivity index (χ3n) is 10.2. The number of nitrogens with zero attached hydrogens (tertiary/aromatic N) is 1. The summed E-state index contributed by atoms with van der Waals surface area (Å²) in [6.07, 6.45) is 1.38. The van der Waals surface area contributed by atoms with E-state index in [1.54, 1.807) is 18.2 Å². The Hall–Kier alpha value is -4.75. The van der Waals surface area contributed by atoms with Crippen LogP contribution >= 0.6 is 11.3 Å². The minimum Gasteiger partial charge on any atom is -0.493 e. The smallest absolute Gasteiger partial charge is 0.338 e. The Kier molecular flexibility index (Phi) is 7.48. The normalized spacial score (nSPS) is 21.9. The molecule has 48 heavy (non-hydrogen) atoms. The first-order valence-corrected chi connectivity index (χ1v) is 17.4. The zero-order chi connectivity index (χ0) is 33.2. The fourth-order valence-corrected chi connectivity index (χ4v) is 8.78. The van der Waals surface area contributed by atoms with Gasteiger partial charge < -0.3 is 14.2 Å². The third-order valence-corrected chi connectivity index (χ3v) is 11.3. The van der Waals surface area contributed by atoms with Gasteiger partial charge in [-0.05, 0) is 78.9 Å². The Labute approximate surface area is 283 Å². The van der Waals surface area contributed by atoms with Gasteiger partial charge in [0.2, 0.25) is 5.90 Å². The number of esters is 1. The van der Waals surface area contributed by atoms with Crippen LogP contribution in [0.15, 0.2) is 112 Å². The molecule has 0 spiro atoms. The van der Waals surface area contributed by atoms with Crippen LogP contribution in [0.2, 0.25) is 0 Å². The van der Waals surface area contributed by atoms with E-state index in [1.807, 2.05) is 51.1 Å². The van der Waals surface area contributed by atoms with Crippen molar-refractivity contribution in [1.29, 1.82) is 0 Å². The Balaban J connectivity index is 1.13. The predicted molar refractivity (Wildman–Crippen MR) is 191 cm³/mol. The molecule has 0 saturated carbocycles. The second kappa shape index (κ2) is 11.7. The van der Waals surface area contributed by atoms with E-state index in [0.29, 0.717) is 22.2 Å². The van der Waals surface area contributed by atoms with E-state index in [-0.39, 0.29) is 36.2 Å². The first kappa shape index (κ1) is 30.6. The number of ether oxygens (including phenoxy) is 3. The summed E-state index contributed by atoms with van der Waals surface area (Å²) in [7, 11) is 0. The summed E-state index contributed by atoms with van der Waals surface area (Å²) in [6.45, 7) is 8.26. The van der Waals surface area contributed by atoms with Crippen molar-refractivity contribution in [2.45, 2.75) is 64.7 Å². The van der Waals surface area contributed by atoms with Crippen LogP contribution in [0, 0.1) is 5.41 Å². The van der Waals surface area contributed by atoms with E-state index in [2.05, 4.69) is 49.4 Å².